The molecule has 0 bridgehead atoms. The number of ketones is 2. The number of halogens is 1. The molecule has 0 spiro atoms. The molecular formula is C13H13BrO3. The first kappa shape index (κ1) is 12.5. The van der Waals surface area contributed by atoms with Gasteiger partial charge in [-0.25, -0.2) is 0 Å². The third kappa shape index (κ3) is 2.33. The average molecular weight is 297 g/mol. The number of rotatable bonds is 4. The number of ether oxygens (including phenoxy) is 1. The third-order valence-electron chi connectivity index (χ3n) is 2.77. The second kappa shape index (κ2) is 5.10. The van der Waals surface area contributed by atoms with Crippen LogP contribution in [0.1, 0.15) is 40.5 Å². The number of Topliss-reactive ketones (excluding diaryl/α,β-unsaturated/α-hetero) is 2. The molecule has 0 N–H and O–H groups in total. The predicted molar refractivity (Wildman–Crippen MR) is 67.5 cm³/mol. The van der Waals surface area contributed by atoms with Crippen LogP contribution >= 0.6 is 15.9 Å². The van der Waals surface area contributed by atoms with Crippen molar-refractivity contribution in [2.24, 2.45) is 0 Å². The Balaban J connectivity index is 2.20. The van der Waals surface area contributed by atoms with E-state index in [2.05, 4.69) is 15.9 Å². The van der Waals surface area contributed by atoms with E-state index in [1.54, 1.807) is 18.2 Å². The van der Waals surface area contributed by atoms with E-state index in [1.165, 1.54) is 0 Å². The molecule has 1 atom stereocenters. The van der Waals surface area contributed by atoms with Gasteiger partial charge in [0.1, 0.15) is 0 Å². The second-order valence-corrected chi connectivity index (χ2v) is 4.94. The molecule has 1 aromatic rings. The van der Waals surface area contributed by atoms with Gasteiger partial charge in [0.05, 0.1) is 0 Å². The summed E-state index contributed by atoms with van der Waals surface area (Å²) in [6, 6.07) is 5.11. The Hall–Kier alpha value is -1.00. The Kier molecular flexibility index (Phi) is 3.74. The zero-order chi connectivity index (χ0) is 12.4. The lowest BCUT2D eigenvalue weighted by Gasteiger charge is -2.07. The lowest BCUT2D eigenvalue weighted by molar-refractivity contribution is 0.0395. The monoisotopic (exact) mass is 296 g/mol. The van der Waals surface area contributed by atoms with Crippen molar-refractivity contribution < 1.29 is 14.3 Å². The van der Waals surface area contributed by atoms with Crippen molar-refractivity contribution in [2.75, 3.05) is 6.61 Å². The van der Waals surface area contributed by atoms with Crippen LogP contribution in [0.15, 0.2) is 22.7 Å². The van der Waals surface area contributed by atoms with E-state index >= 15 is 0 Å². The molecule has 0 aromatic heterocycles. The van der Waals surface area contributed by atoms with Gasteiger partial charge in [-0.1, -0.05) is 29.3 Å². The van der Waals surface area contributed by atoms with Gasteiger partial charge in [0.2, 0.25) is 0 Å². The van der Waals surface area contributed by atoms with Gasteiger partial charge in [0.15, 0.2) is 17.7 Å². The third-order valence-corrected chi connectivity index (χ3v) is 3.26. The summed E-state index contributed by atoms with van der Waals surface area (Å²) >= 11 is 3.29. The van der Waals surface area contributed by atoms with Gasteiger partial charge in [0, 0.05) is 22.2 Å². The molecule has 0 aliphatic heterocycles. The maximum Gasteiger partial charge on any atom is 0.200 e. The number of carbonyl (C=O) groups excluding carboxylic acids is 2. The molecule has 1 aliphatic carbocycles. The summed E-state index contributed by atoms with van der Waals surface area (Å²) in [6.07, 6.45) is 0.913. The fourth-order valence-electron chi connectivity index (χ4n) is 1.83. The molecule has 0 saturated carbocycles. The Morgan fingerprint density at radius 3 is 2.65 bits per heavy atom. The van der Waals surface area contributed by atoms with Crippen molar-refractivity contribution in [2.45, 2.75) is 25.9 Å². The van der Waals surface area contributed by atoms with Crippen LogP contribution in [0.3, 0.4) is 0 Å². The quantitative estimate of drug-likeness (QED) is 0.634. The molecule has 0 radical (unpaired) electrons. The zero-order valence-corrected chi connectivity index (χ0v) is 11.1. The minimum Gasteiger partial charge on any atom is -0.362 e. The normalized spacial score (nSPS) is 18.6. The van der Waals surface area contributed by atoms with Gasteiger partial charge in [-0.2, -0.15) is 0 Å². The summed E-state index contributed by atoms with van der Waals surface area (Å²) < 4.78 is 6.17. The van der Waals surface area contributed by atoms with Gasteiger partial charge in [-0.05, 0) is 24.6 Å². The summed E-state index contributed by atoms with van der Waals surface area (Å²) in [6.45, 7) is 2.49. The highest BCUT2D eigenvalue weighted by Gasteiger charge is 2.39. The number of fused-ring (bicyclic) bond motifs is 1. The van der Waals surface area contributed by atoms with Gasteiger partial charge >= 0.3 is 0 Å². The molecule has 0 amide bonds. The van der Waals surface area contributed by atoms with E-state index in [0.717, 1.165) is 17.3 Å². The van der Waals surface area contributed by atoms with E-state index in [9.17, 15) is 9.59 Å². The van der Waals surface area contributed by atoms with Gasteiger partial charge < -0.3 is 4.74 Å². The number of benzene rings is 1. The molecule has 0 saturated heterocycles. The average Bonchev–Trinajstić information content (AvgIpc) is 2.54. The number of carbonyl (C=O) groups is 2. The Morgan fingerprint density at radius 2 is 1.94 bits per heavy atom. The van der Waals surface area contributed by atoms with Crippen molar-refractivity contribution in [3.05, 3.63) is 33.8 Å². The molecule has 3 nitrogen and oxygen atoms in total. The largest absolute Gasteiger partial charge is 0.362 e. The lowest BCUT2D eigenvalue weighted by atomic mass is 10.1. The minimum absolute atomic E-state index is 0.214. The summed E-state index contributed by atoms with van der Waals surface area (Å²) in [5.41, 5.74) is 0.936. The fraction of sp³-hybridized carbons (Fsp3) is 0.385. The van der Waals surface area contributed by atoms with E-state index < -0.39 is 6.10 Å². The highest BCUT2D eigenvalue weighted by Crippen LogP contribution is 2.27. The standard InChI is InChI=1S/C13H13BrO3/c1-2-3-6-17-13-11(15)9-5-4-8(14)7-10(9)12(13)16/h4-5,7,13H,2-3,6H2,1H3. The van der Waals surface area contributed by atoms with Crippen molar-refractivity contribution in [3.8, 4) is 0 Å². The van der Waals surface area contributed by atoms with E-state index in [0.29, 0.717) is 17.7 Å². The zero-order valence-electron chi connectivity index (χ0n) is 9.53. The Labute approximate surface area is 108 Å². The van der Waals surface area contributed by atoms with E-state index in [1.807, 2.05) is 6.92 Å². The molecule has 0 fully saturated rings. The number of unbranched alkanes of at least 4 members (excludes halogenated alkanes) is 1. The van der Waals surface area contributed by atoms with Gasteiger partial charge in [0.25, 0.3) is 0 Å². The molecule has 90 valence electrons. The van der Waals surface area contributed by atoms with Crippen LogP contribution in [0.25, 0.3) is 0 Å². The highest BCUT2D eigenvalue weighted by molar-refractivity contribution is 9.10. The molecule has 4 heteroatoms. The Bertz CT molecular complexity index is 468. The van der Waals surface area contributed by atoms with Crippen LogP contribution in [0, 0.1) is 0 Å². The molecule has 1 aliphatic rings. The van der Waals surface area contributed by atoms with Gasteiger partial charge in [-0.15, -0.1) is 0 Å². The first-order valence-electron chi connectivity index (χ1n) is 5.64. The van der Waals surface area contributed by atoms with Crippen molar-refractivity contribution in [1.29, 1.82) is 0 Å². The summed E-state index contributed by atoms with van der Waals surface area (Å²) in [7, 11) is 0. The van der Waals surface area contributed by atoms with Crippen LogP contribution in [0.2, 0.25) is 0 Å². The molecule has 0 heterocycles. The smallest absolute Gasteiger partial charge is 0.200 e. The van der Waals surface area contributed by atoms with Crippen LogP contribution in [0.5, 0.6) is 0 Å². The summed E-state index contributed by atoms with van der Waals surface area (Å²) in [4.78, 5) is 23.9. The molecule has 2 rings (SSSR count). The van der Waals surface area contributed by atoms with Crippen LogP contribution < -0.4 is 0 Å². The Morgan fingerprint density at radius 1 is 1.24 bits per heavy atom. The maximum atomic E-state index is 12.0. The molecule has 1 unspecified atom stereocenters. The van der Waals surface area contributed by atoms with E-state index in [4.69, 9.17) is 4.74 Å². The first-order chi connectivity index (χ1) is 8.15. The van der Waals surface area contributed by atoms with Crippen LogP contribution in [-0.4, -0.2) is 24.3 Å². The van der Waals surface area contributed by atoms with Crippen LogP contribution in [0.4, 0.5) is 0 Å². The molecular weight excluding hydrogens is 284 g/mol. The topological polar surface area (TPSA) is 43.4 Å². The SMILES string of the molecule is CCCCOC1C(=O)c2ccc(Br)cc2C1=O. The van der Waals surface area contributed by atoms with Gasteiger partial charge in [-0.3, -0.25) is 9.59 Å². The predicted octanol–water partition coefficient (Wildman–Crippen LogP) is 3.01. The fourth-order valence-corrected chi connectivity index (χ4v) is 2.19. The summed E-state index contributed by atoms with van der Waals surface area (Å²) in [5.74, 6) is -0.434. The lowest BCUT2D eigenvalue weighted by Crippen LogP contribution is -2.26. The highest BCUT2D eigenvalue weighted by atomic mass is 79.9. The maximum absolute atomic E-state index is 12.0. The molecule has 1 aromatic carbocycles. The van der Waals surface area contributed by atoms with Crippen molar-refractivity contribution in [1.82, 2.24) is 0 Å². The van der Waals surface area contributed by atoms with E-state index in [-0.39, 0.29) is 11.6 Å². The minimum atomic E-state index is -0.925. The van der Waals surface area contributed by atoms with Crippen LogP contribution in [-0.2, 0) is 4.74 Å². The number of hydrogen-bond acceptors (Lipinski definition) is 3. The van der Waals surface area contributed by atoms with Crippen molar-refractivity contribution in [3.63, 3.8) is 0 Å². The second-order valence-electron chi connectivity index (χ2n) is 4.02. The van der Waals surface area contributed by atoms with Crippen molar-refractivity contribution >= 4 is 27.5 Å². The summed E-state index contributed by atoms with van der Waals surface area (Å²) in [5, 5.41) is 0. The first-order valence-corrected chi connectivity index (χ1v) is 6.44. The molecule has 17 heavy (non-hydrogen) atoms. The number of hydrogen-bond donors (Lipinski definition) is 0.